The molecule has 1 heterocycles. The molecule has 1 N–H and O–H groups in total. The second-order valence-corrected chi connectivity index (χ2v) is 5.80. The Balaban J connectivity index is 1.95. The molecule has 0 aromatic heterocycles. The van der Waals surface area contributed by atoms with Crippen molar-refractivity contribution in [1.29, 1.82) is 0 Å². The Kier molecular flexibility index (Phi) is 4.93. The summed E-state index contributed by atoms with van der Waals surface area (Å²) < 4.78 is 5.22. The fraction of sp³-hybridized carbons (Fsp3) is 0.316. The molecule has 4 heteroatoms. The number of nitrogens with zero attached hydrogens (tertiary/aromatic N) is 2. The monoisotopic (exact) mass is 309 g/mol. The number of rotatable bonds is 3. The van der Waals surface area contributed by atoms with Gasteiger partial charge < -0.3 is 15.0 Å². The Hall–Kier alpha value is -2.33. The van der Waals surface area contributed by atoms with Gasteiger partial charge in [-0.3, -0.25) is 0 Å². The highest BCUT2D eigenvalue weighted by Crippen LogP contribution is 2.20. The highest BCUT2D eigenvalue weighted by atomic mass is 16.5. The van der Waals surface area contributed by atoms with Gasteiger partial charge in [0.2, 0.25) is 0 Å². The van der Waals surface area contributed by atoms with Gasteiger partial charge in [-0.25, -0.2) is 4.99 Å². The summed E-state index contributed by atoms with van der Waals surface area (Å²) in [6, 6.07) is 18.7. The lowest BCUT2D eigenvalue weighted by Crippen LogP contribution is -2.51. The molecule has 0 spiro atoms. The van der Waals surface area contributed by atoms with E-state index in [0.717, 1.165) is 42.5 Å². The van der Waals surface area contributed by atoms with E-state index in [9.17, 15) is 0 Å². The number of nitrogens with one attached hydrogen (secondary N) is 1. The number of aliphatic imine (C=N–C) groups is 1. The van der Waals surface area contributed by atoms with E-state index in [-0.39, 0.29) is 0 Å². The quantitative estimate of drug-likeness (QED) is 0.699. The Morgan fingerprint density at radius 1 is 1.13 bits per heavy atom. The summed E-state index contributed by atoms with van der Waals surface area (Å²) >= 11 is 0. The fourth-order valence-corrected chi connectivity index (χ4v) is 2.81. The van der Waals surface area contributed by atoms with E-state index in [1.165, 1.54) is 0 Å². The number of hydrogen-bond acceptors (Lipinski definition) is 3. The lowest BCUT2D eigenvalue weighted by Gasteiger charge is -2.34. The van der Waals surface area contributed by atoms with Gasteiger partial charge >= 0.3 is 0 Å². The minimum absolute atomic E-state index is 0.466. The average molecular weight is 309 g/mol. The molecule has 2 aromatic carbocycles. The predicted molar refractivity (Wildman–Crippen MR) is 94.7 cm³/mol. The predicted octanol–water partition coefficient (Wildman–Crippen LogP) is 3.07. The summed E-state index contributed by atoms with van der Waals surface area (Å²) in [6.45, 7) is 5.12. The van der Waals surface area contributed by atoms with Crippen molar-refractivity contribution >= 4 is 11.5 Å². The van der Waals surface area contributed by atoms with Crippen molar-refractivity contribution < 1.29 is 4.74 Å². The van der Waals surface area contributed by atoms with Crippen molar-refractivity contribution in [2.24, 2.45) is 4.99 Å². The van der Waals surface area contributed by atoms with E-state index < -0.39 is 0 Å². The maximum absolute atomic E-state index is 5.22. The maximum Gasteiger partial charge on any atom is 0.136 e. The van der Waals surface area contributed by atoms with Gasteiger partial charge in [-0.15, -0.1) is 0 Å². The molecule has 1 aliphatic rings. The molecule has 0 aliphatic carbocycles. The fourth-order valence-electron chi connectivity index (χ4n) is 2.81. The topological polar surface area (TPSA) is 36.9 Å². The van der Waals surface area contributed by atoms with Crippen LogP contribution in [0.3, 0.4) is 0 Å². The van der Waals surface area contributed by atoms with Gasteiger partial charge in [-0.2, -0.15) is 0 Å². The van der Waals surface area contributed by atoms with Crippen LogP contribution in [0.15, 0.2) is 59.6 Å². The van der Waals surface area contributed by atoms with Gasteiger partial charge in [0, 0.05) is 31.2 Å². The smallest absolute Gasteiger partial charge is 0.136 e. The minimum Gasteiger partial charge on any atom is -0.497 e. The molecular formula is C19H23N3O. The highest BCUT2D eigenvalue weighted by molar-refractivity contribution is 6.00. The number of ether oxygens (including phenoxy) is 1. The maximum atomic E-state index is 5.22. The normalized spacial score (nSPS) is 18.8. The second kappa shape index (κ2) is 7.29. The van der Waals surface area contributed by atoms with Gasteiger partial charge in [-0.05, 0) is 31.2 Å². The first-order valence-electron chi connectivity index (χ1n) is 8.03. The Bertz CT molecular complexity index is 652. The molecule has 2 aromatic rings. The lowest BCUT2D eigenvalue weighted by molar-refractivity contribution is 0.304. The summed E-state index contributed by atoms with van der Waals surface area (Å²) in [7, 11) is 1.68. The van der Waals surface area contributed by atoms with E-state index in [2.05, 4.69) is 41.4 Å². The molecule has 0 bridgehead atoms. The van der Waals surface area contributed by atoms with Crippen LogP contribution in [-0.2, 0) is 0 Å². The molecule has 1 unspecified atom stereocenters. The molecule has 4 nitrogen and oxygen atoms in total. The van der Waals surface area contributed by atoms with Gasteiger partial charge in [0.15, 0.2) is 0 Å². The van der Waals surface area contributed by atoms with Gasteiger partial charge in [0.1, 0.15) is 11.6 Å². The first-order chi connectivity index (χ1) is 11.3. The van der Waals surface area contributed by atoms with Crippen LogP contribution in [0.25, 0.3) is 0 Å². The van der Waals surface area contributed by atoms with Crippen molar-refractivity contribution in [3.05, 3.63) is 60.2 Å². The Morgan fingerprint density at radius 3 is 2.52 bits per heavy atom. The van der Waals surface area contributed by atoms with Gasteiger partial charge in [0.05, 0.1) is 12.8 Å². The van der Waals surface area contributed by atoms with Crippen LogP contribution in [0, 0.1) is 0 Å². The van der Waals surface area contributed by atoms with E-state index in [1.807, 2.05) is 30.3 Å². The number of methoxy groups -OCH3 is 1. The number of hydrogen-bond donors (Lipinski definition) is 1. The third-order valence-corrected chi connectivity index (χ3v) is 4.01. The Morgan fingerprint density at radius 2 is 1.87 bits per heavy atom. The third kappa shape index (κ3) is 3.90. The first kappa shape index (κ1) is 15.6. The molecule has 0 radical (unpaired) electrons. The van der Waals surface area contributed by atoms with Crippen LogP contribution in [0.4, 0.5) is 5.69 Å². The molecule has 1 saturated heterocycles. The van der Waals surface area contributed by atoms with Crippen molar-refractivity contribution in [2.75, 3.05) is 26.7 Å². The molecule has 0 saturated carbocycles. The van der Waals surface area contributed by atoms with Crippen molar-refractivity contribution in [3.63, 3.8) is 0 Å². The van der Waals surface area contributed by atoms with Crippen LogP contribution in [0.2, 0.25) is 0 Å². The highest BCUT2D eigenvalue weighted by Gasteiger charge is 2.20. The zero-order chi connectivity index (χ0) is 16.1. The minimum atomic E-state index is 0.466. The molecule has 23 heavy (non-hydrogen) atoms. The molecule has 1 fully saturated rings. The SMILES string of the molecule is COc1ccc(N=C(c2ccccc2)N2CCNC(C)C2)cc1. The van der Waals surface area contributed by atoms with E-state index >= 15 is 0 Å². The van der Waals surface area contributed by atoms with Gasteiger partial charge in [0.25, 0.3) is 0 Å². The number of piperazine rings is 1. The third-order valence-electron chi connectivity index (χ3n) is 4.01. The second-order valence-electron chi connectivity index (χ2n) is 5.80. The number of benzene rings is 2. The van der Waals surface area contributed by atoms with Crippen LogP contribution >= 0.6 is 0 Å². The zero-order valence-corrected chi connectivity index (χ0v) is 13.7. The van der Waals surface area contributed by atoms with Crippen LogP contribution in [0.1, 0.15) is 12.5 Å². The summed E-state index contributed by atoms with van der Waals surface area (Å²) in [6.07, 6.45) is 0. The van der Waals surface area contributed by atoms with Crippen molar-refractivity contribution in [2.45, 2.75) is 13.0 Å². The molecule has 1 atom stereocenters. The van der Waals surface area contributed by atoms with Crippen molar-refractivity contribution in [1.82, 2.24) is 10.2 Å². The van der Waals surface area contributed by atoms with Crippen LogP contribution in [0.5, 0.6) is 5.75 Å². The molecule has 120 valence electrons. The Labute approximate surface area is 137 Å². The molecule has 3 rings (SSSR count). The van der Waals surface area contributed by atoms with Gasteiger partial charge in [-0.1, -0.05) is 30.3 Å². The first-order valence-corrected chi connectivity index (χ1v) is 8.03. The summed E-state index contributed by atoms with van der Waals surface area (Å²) in [4.78, 5) is 7.28. The van der Waals surface area contributed by atoms with E-state index in [1.54, 1.807) is 7.11 Å². The lowest BCUT2D eigenvalue weighted by atomic mass is 10.1. The van der Waals surface area contributed by atoms with E-state index in [4.69, 9.17) is 9.73 Å². The largest absolute Gasteiger partial charge is 0.497 e. The molecular weight excluding hydrogens is 286 g/mol. The standard InChI is InChI=1S/C19H23N3O/c1-15-14-22(13-12-20-15)19(16-6-4-3-5-7-16)21-17-8-10-18(23-2)11-9-17/h3-11,15,20H,12-14H2,1-2H3. The number of amidine groups is 1. The van der Waals surface area contributed by atoms with Crippen LogP contribution in [-0.4, -0.2) is 43.5 Å². The van der Waals surface area contributed by atoms with Crippen molar-refractivity contribution in [3.8, 4) is 5.75 Å². The average Bonchev–Trinajstić information content (AvgIpc) is 2.61. The van der Waals surface area contributed by atoms with E-state index in [0.29, 0.717) is 6.04 Å². The summed E-state index contributed by atoms with van der Waals surface area (Å²) in [5, 5.41) is 3.48. The van der Waals surface area contributed by atoms with Crippen LogP contribution < -0.4 is 10.1 Å². The molecule has 0 amide bonds. The zero-order valence-electron chi connectivity index (χ0n) is 13.7. The summed E-state index contributed by atoms with van der Waals surface area (Å²) in [5.74, 6) is 1.88. The molecule has 1 aliphatic heterocycles. The summed E-state index contributed by atoms with van der Waals surface area (Å²) in [5.41, 5.74) is 2.09.